The van der Waals surface area contributed by atoms with E-state index in [9.17, 15) is 9.90 Å². The Hall–Kier alpha value is -5.65. The molecule has 4 aromatic carbocycles. The molecule has 1 N–H and O–H groups in total. The third-order valence-electron chi connectivity index (χ3n) is 7.70. The highest BCUT2D eigenvalue weighted by Crippen LogP contribution is 2.40. The lowest BCUT2D eigenvalue weighted by atomic mass is 10.1. The molecular weight excluding hydrogens is 600 g/mol. The lowest BCUT2D eigenvalue weighted by Crippen LogP contribution is -2.08. The lowest BCUT2D eigenvalue weighted by molar-refractivity contribution is 0.0734. The first-order valence-electron chi connectivity index (χ1n) is 15.6. The van der Waals surface area contributed by atoms with E-state index in [0.717, 1.165) is 12.8 Å². The van der Waals surface area contributed by atoms with E-state index in [2.05, 4.69) is 27.3 Å². The third kappa shape index (κ3) is 6.96. The standard InChI is InChI=1S/C35H36N6O6/c1-4-5-6-7-8-11-18-46-34-32(44-2)20-24(21-33(34)45-3)40-36-28-16-14-23(19-29(28)39-40)35(43)47-25-15-17-30(31(42)22-25)41-37-26-12-9-10-13-27(26)38-41/h9-10,12-17,19-22,42H,4-8,11,18H2,1-3H3. The van der Waals surface area contributed by atoms with Crippen LogP contribution in [0.3, 0.4) is 0 Å². The molecular formula is C35H36N6O6. The number of unbranched alkanes of at least 4 members (excludes halogenated alkanes) is 5. The molecule has 242 valence electrons. The van der Waals surface area contributed by atoms with E-state index in [0.29, 0.717) is 57.3 Å². The fourth-order valence-electron chi connectivity index (χ4n) is 5.21. The fourth-order valence-corrected chi connectivity index (χ4v) is 5.21. The lowest BCUT2D eigenvalue weighted by Gasteiger charge is -2.15. The van der Waals surface area contributed by atoms with Crippen molar-refractivity contribution in [1.82, 2.24) is 30.0 Å². The van der Waals surface area contributed by atoms with Crippen LogP contribution in [0.25, 0.3) is 33.4 Å². The van der Waals surface area contributed by atoms with Gasteiger partial charge in [0.2, 0.25) is 5.75 Å². The molecule has 0 aliphatic rings. The largest absolute Gasteiger partial charge is 0.505 e. The number of hydrogen-bond acceptors (Lipinski definition) is 10. The highest BCUT2D eigenvalue weighted by molar-refractivity contribution is 5.94. The van der Waals surface area contributed by atoms with Crippen molar-refractivity contribution >= 4 is 28.0 Å². The second kappa shape index (κ2) is 14.2. The van der Waals surface area contributed by atoms with Crippen molar-refractivity contribution in [3.8, 4) is 40.1 Å². The zero-order chi connectivity index (χ0) is 32.8. The van der Waals surface area contributed by atoms with Gasteiger partial charge >= 0.3 is 5.97 Å². The summed E-state index contributed by atoms with van der Waals surface area (Å²) in [6.07, 6.45) is 6.97. The van der Waals surface area contributed by atoms with Gasteiger partial charge < -0.3 is 24.1 Å². The molecule has 0 fully saturated rings. The van der Waals surface area contributed by atoms with E-state index < -0.39 is 5.97 Å². The Morgan fingerprint density at radius 3 is 2.04 bits per heavy atom. The van der Waals surface area contributed by atoms with Crippen molar-refractivity contribution in [1.29, 1.82) is 0 Å². The van der Waals surface area contributed by atoms with Crippen LogP contribution in [-0.2, 0) is 0 Å². The van der Waals surface area contributed by atoms with Gasteiger partial charge in [0.05, 0.1) is 32.1 Å². The van der Waals surface area contributed by atoms with Crippen LogP contribution in [0.4, 0.5) is 0 Å². The van der Waals surface area contributed by atoms with Crippen LogP contribution in [0.15, 0.2) is 72.8 Å². The highest BCUT2D eigenvalue weighted by atomic mass is 16.5. The van der Waals surface area contributed by atoms with Crippen LogP contribution >= 0.6 is 0 Å². The zero-order valence-electron chi connectivity index (χ0n) is 26.5. The molecule has 12 heteroatoms. The van der Waals surface area contributed by atoms with Crippen LogP contribution in [0.5, 0.6) is 28.7 Å². The summed E-state index contributed by atoms with van der Waals surface area (Å²) in [6.45, 7) is 2.77. The average molecular weight is 637 g/mol. The van der Waals surface area contributed by atoms with Gasteiger partial charge in [-0.3, -0.25) is 0 Å². The Kier molecular flexibility index (Phi) is 9.46. The first kappa shape index (κ1) is 31.3. The molecule has 6 aromatic rings. The first-order chi connectivity index (χ1) is 23.0. The number of rotatable bonds is 14. The van der Waals surface area contributed by atoms with E-state index in [1.165, 1.54) is 41.3 Å². The van der Waals surface area contributed by atoms with E-state index in [1.54, 1.807) is 56.7 Å². The minimum Gasteiger partial charge on any atom is -0.505 e. The van der Waals surface area contributed by atoms with Crippen molar-refractivity contribution < 1.29 is 28.8 Å². The number of carbonyl (C=O) groups excluding carboxylic acids is 1. The van der Waals surface area contributed by atoms with E-state index in [1.807, 2.05) is 24.3 Å². The van der Waals surface area contributed by atoms with Crippen LogP contribution in [0.1, 0.15) is 55.8 Å². The molecule has 2 aromatic heterocycles. The van der Waals surface area contributed by atoms with Crippen molar-refractivity contribution in [3.05, 3.63) is 78.4 Å². The van der Waals surface area contributed by atoms with Gasteiger partial charge in [-0.25, -0.2) is 4.79 Å². The summed E-state index contributed by atoms with van der Waals surface area (Å²) in [5.41, 5.74) is 3.66. The van der Waals surface area contributed by atoms with Gasteiger partial charge in [-0.15, -0.1) is 25.2 Å². The second-order valence-corrected chi connectivity index (χ2v) is 11.0. The number of esters is 1. The van der Waals surface area contributed by atoms with Crippen molar-refractivity contribution in [2.24, 2.45) is 0 Å². The number of benzene rings is 4. The van der Waals surface area contributed by atoms with Gasteiger partial charge in [0.25, 0.3) is 0 Å². The minimum absolute atomic E-state index is 0.140. The predicted octanol–water partition coefficient (Wildman–Crippen LogP) is 6.84. The van der Waals surface area contributed by atoms with E-state index in [4.69, 9.17) is 18.9 Å². The molecule has 0 spiro atoms. The topological polar surface area (TPSA) is 136 Å². The number of hydrogen-bond donors (Lipinski definition) is 1. The zero-order valence-corrected chi connectivity index (χ0v) is 26.5. The Balaban J connectivity index is 1.16. The van der Waals surface area contributed by atoms with E-state index in [-0.39, 0.29) is 17.1 Å². The third-order valence-corrected chi connectivity index (χ3v) is 7.70. The normalized spacial score (nSPS) is 11.2. The Labute approximate surface area is 271 Å². The molecule has 0 unspecified atom stereocenters. The molecule has 47 heavy (non-hydrogen) atoms. The summed E-state index contributed by atoms with van der Waals surface area (Å²) in [5, 5.41) is 28.6. The average Bonchev–Trinajstić information content (AvgIpc) is 3.72. The van der Waals surface area contributed by atoms with Crippen LogP contribution in [-0.4, -0.2) is 61.9 Å². The van der Waals surface area contributed by atoms with Gasteiger partial charge in [0, 0.05) is 18.2 Å². The van der Waals surface area contributed by atoms with Crippen LogP contribution < -0.4 is 18.9 Å². The maximum absolute atomic E-state index is 13.1. The molecule has 0 aliphatic carbocycles. The Morgan fingerprint density at radius 2 is 1.36 bits per heavy atom. The maximum atomic E-state index is 13.1. The molecule has 12 nitrogen and oxygen atoms in total. The van der Waals surface area contributed by atoms with Crippen LogP contribution in [0.2, 0.25) is 0 Å². The number of ether oxygens (including phenoxy) is 4. The maximum Gasteiger partial charge on any atom is 0.343 e. The molecule has 0 radical (unpaired) electrons. The molecule has 0 saturated heterocycles. The number of nitrogens with zero attached hydrogens (tertiary/aromatic N) is 6. The highest BCUT2D eigenvalue weighted by Gasteiger charge is 2.18. The summed E-state index contributed by atoms with van der Waals surface area (Å²) in [5.74, 6) is 0.936. The monoisotopic (exact) mass is 636 g/mol. The van der Waals surface area contributed by atoms with Crippen LogP contribution in [0, 0.1) is 0 Å². The fraction of sp³-hybridized carbons (Fsp3) is 0.286. The number of methoxy groups -OCH3 is 2. The first-order valence-corrected chi connectivity index (χ1v) is 15.6. The predicted molar refractivity (Wildman–Crippen MR) is 176 cm³/mol. The quantitative estimate of drug-likeness (QED) is 0.0769. The van der Waals surface area contributed by atoms with Gasteiger partial charge in [-0.05, 0) is 48.9 Å². The minimum atomic E-state index is -0.619. The Morgan fingerprint density at radius 1 is 0.723 bits per heavy atom. The molecule has 0 saturated carbocycles. The van der Waals surface area contributed by atoms with Crippen molar-refractivity contribution in [3.63, 3.8) is 0 Å². The molecule has 0 bridgehead atoms. The number of aromatic hydroxyl groups is 1. The SMILES string of the molecule is CCCCCCCCOc1c(OC)cc(-n2nc3ccc(C(=O)Oc4ccc(-n5nc6ccccc6n5)c(O)c4)cc3n2)cc1OC. The molecule has 2 heterocycles. The summed E-state index contributed by atoms with van der Waals surface area (Å²) in [4.78, 5) is 15.8. The van der Waals surface area contributed by atoms with Crippen molar-refractivity contribution in [2.75, 3.05) is 20.8 Å². The molecule has 0 atom stereocenters. The summed E-state index contributed by atoms with van der Waals surface area (Å²) in [7, 11) is 3.15. The number of aromatic nitrogens is 6. The van der Waals surface area contributed by atoms with Gasteiger partial charge in [0.15, 0.2) is 11.5 Å². The summed E-state index contributed by atoms with van der Waals surface area (Å²) in [6, 6.07) is 20.3. The van der Waals surface area contributed by atoms with Gasteiger partial charge in [0.1, 0.15) is 39.3 Å². The molecule has 0 amide bonds. The van der Waals surface area contributed by atoms with Crippen molar-refractivity contribution in [2.45, 2.75) is 45.4 Å². The summed E-state index contributed by atoms with van der Waals surface area (Å²) >= 11 is 0. The van der Waals surface area contributed by atoms with Gasteiger partial charge in [-0.2, -0.15) is 4.80 Å². The smallest absolute Gasteiger partial charge is 0.343 e. The Bertz CT molecular complexity index is 1960. The number of fused-ring (bicyclic) bond motifs is 2. The summed E-state index contributed by atoms with van der Waals surface area (Å²) < 4.78 is 22.9. The second-order valence-electron chi connectivity index (χ2n) is 11.0. The van der Waals surface area contributed by atoms with Gasteiger partial charge in [-0.1, -0.05) is 51.2 Å². The molecule has 6 rings (SSSR count). The number of phenolic OH excluding ortho intramolecular Hbond substituents is 1. The number of carbonyl (C=O) groups is 1. The molecule has 0 aliphatic heterocycles. The van der Waals surface area contributed by atoms with E-state index >= 15 is 0 Å². The number of phenols is 1.